The van der Waals surface area contributed by atoms with Crippen molar-refractivity contribution < 1.29 is 9.53 Å². The molecule has 7 heteroatoms. The number of hydrogen-bond acceptors (Lipinski definition) is 6. The van der Waals surface area contributed by atoms with Gasteiger partial charge in [0.15, 0.2) is 0 Å². The second kappa shape index (κ2) is 8.92. The van der Waals surface area contributed by atoms with Crippen LogP contribution in [0.2, 0.25) is 0 Å². The van der Waals surface area contributed by atoms with E-state index in [0.717, 1.165) is 31.6 Å². The molecule has 2 aromatic rings. The summed E-state index contributed by atoms with van der Waals surface area (Å²) in [5.74, 6) is 0.416. The maximum atomic E-state index is 13.2. The molecule has 7 nitrogen and oxygen atoms in total. The number of carbonyl (C=O) groups is 1. The van der Waals surface area contributed by atoms with Crippen LogP contribution in [0.25, 0.3) is 11.3 Å². The van der Waals surface area contributed by atoms with Crippen LogP contribution in [0.3, 0.4) is 0 Å². The molecular formula is C20H27N5O2. The van der Waals surface area contributed by atoms with Crippen LogP contribution in [0.1, 0.15) is 23.2 Å². The SMILES string of the molecule is CN(C)CCN(CC1CCCO1)C(=O)c1cccc(-c2cc(N)ncn2)c1. The van der Waals surface area contributed by atoms with Crippen molar-refractivity contribution in [3.8, 4) is 11.3 Å². The molecule has 3 rings (SSSR count). The Labute approximate surface area is 160 Å². The third-order valence-electron chi connectivity index (χ3n) is 4.65. The number of ether oxygens (including phenoxy) is 1. The predicted octanol–water partition coefficient (Wildman–Crippen LogP) is 1.91. The van der Waals surface area contributed by atoms with Gasteiger partial charge in [0.2, 0.25) is 0 Å². The number of carbonyl (C=O) groups excluding carboxylic acids is 1. The minimum absolute atomic E-state index is 0.0104. The van der Waals surface area contributed by atoms with Crippen LogP contribution in [0.5, 0.6) is 0 Å². The van der Waals surface area contributed by atoms with Crippen LogP contribution in [-0.2, 0) is 4.74 Å². The standard InChI is InChI=1S/C20H27N5O2/c1-24(2)8-9-25(13-17-7-4-10-27-17)20(26)16-6-3-5-15(11-16)18-12-19(21)23-14-22-18/h3,5-6,11-12,14,17H,4,7-10,13H2,1-2H3,(H2,21,22,23). The van der Waals surface area contributed by atoms with Crippen molar-refractivity contribution in [2.24, 2.45) is 0 Å². The number of aromatic nitrogens is 2. The molecule has 27 heavy (non-hydrogen) atoms. The van der Waals surface area contributed by atoms with Gasteiger partial charge in [-0.1, -0.05) is 12.1 Å². The lowest BCUT2D eigenvalue weighted by Crippen LogP contribution is -2.41. The smallest absolute Gasteiger partial charge is 0.254 e. The van der Waals surface area contributed by atoms with Gasteiger partial charge < -0.3 is 20.3 Å². The summed E-state index contributed by atoms with van der Waals surface area (Å²) in [5, 5.41) is 0. The zero-order chi connectivity index (χ0) is 19.2. The number of nitrogens with zero attached hydrogens (tertiary/aromatic N) is 4. The van der Waals surface area contributed by atoms with Gasteiger partial charge in [0.25, 0.3) is 5.91 Å². The van der Waals surface area contributed by atoms with Gasteiger partial charge in [0.05, 0.1) is 11.8 Å². The van der Waals surface area contributed by atoms with E-state index in [4.69, 9.17) is 10.5 Å². The Bertz CT molecular complexity index is 774. The molecule has 1 fully saturated rings. The van der Waals surface area contributed by atoms with E-state index in [1.165, 1.54) is 6.33 Å². The van der Waals surface area contributed by atoms with Crippen molar-refractivity contribution in [2.75, 3.05) is 46.1 Å². The molecule has 0 spiro atoms. The number of rotatable bonds is 7. The molecule has 2 N–H and O–H groups in total. The maximum Gasteiger partial charge on any atom is 0.254 e. The lowest BCUT2D eigenvalue weighted by molar-refractivity contribution is 0.0512. The van der Waals surface area contributed by atoms with Gasteiger partial charge in [-0.05, 0) is 39.1 Å². The lowest BCUT2D eigenvalue weighted by Gasteiger charge is -2.27. The molecule has 1 aliphatic rings. The van der Waals surface area contributed by atoms with Gasteiger partial charge >= 0.3 is 0 Å². The Morgan fingerprint density at radius 3 is 2.81 bits per heavy atom. The molecule has 0 radical (unpaired) electrons. The van der Waals surface area contributed by atoms with Gasteiger partial charge in [-0.15, -0.1) is 0 Å². The van der Waals surface area contributed by atoms with Crippen LogP contribution in [-0.4, -0.2) is 72.1 Å². The molecule has 1 aromatic heterocycles. The molecule has 144 valence electrons. The summed E-state index contributed by atoms with van der Waals surface area (Å²) in [6.07, 6.45) is 3.62. The molecule has 0 aliphatic carbocycles. The quantitative estimate of drug-likeness (QED) is 0.802. The molecule has 0 bridgehead atoms. The first-order chi connectivity index (χ1) is 13.0. The minimum Gasteiger partial charge on any atom is -0.384 e. The first-order valence-corrected chi connectivity index (χ1v) is 9.26. The number of nitrogen functional groups attached to an aromatic ring is 1. The monoisotopic (exact) mass is 369 g/mol. The highest BCUT2D eigenvalue weighted by atomic mass is 16.5. The van der Waals surface area contributed by atoms with E-state index in [1.807, 2.05) is 43.3 Å². The third kappa shape index (κ3) is 5.24. The molecule has 2 heterocycles. The predicted molar refractivity (Wildman–Crippen MR) is 105 cm³/mol. The van der Waals surface area contributed by atoms with E-state index in [9.17, 15) is 4.79 Å². The highest BCUT2D eigenvalue weighted by molar-refractivity contribution is 5.95. The Kier molecular flexibility index (Phi) is 6.36. The Morgan fingerprint density at radius 2 is 2.11 bits per heavy atom. The van der Waals surface area contributed by atoms with E-state index in [1.54, 1.807) is 6.07 Å². The van der Waals surface area contributed by atoms with Crippen molar-refractivity contribution in [2.45, 2.75) is 18.9 Å². The molecule has 1 saturated heterocycles. The van der Waals surface area contributed by atoms with E-state index < -0.39 is 0 Å². The van der Waals surface area contributed by atoms with E-state index >= 15 is 0 Å². The molecular weight excluding hydrogens is 342 g/mol. The van der Waals surface area contributed by atoms with Crippen molar-refractivity contribution in [3.05, 3.63) is 42.2 Å². The van der Waals surface area contributed by atoms with Gasteiger partial charge in [0.1, 0.15) is 12.1 Å². The Morgan fingerprint density at radius 1 is 1.26 bits per heavy atom. The Hall–Kier alpha value is -2.51. The topological polar surface area (TPSA) is 84.6 Å². The highest BCUT2D eigenvalue weighted by Gasteiger charge is 2.23. The molecule has 1 aromatic carbocycles. The van der Waals surface area contributed by atoms with Crippen LogP contribution in [0, 0.1) is 0 Å². The van der Waals surface area contributed by atoms with Crippen LogP contribution < -0.4 is 5.73 Å². The first kappa shape index (κ1) is 19.3. The van der Waals surface area contributed by atoms with Gasteiger partial charge in [-0.2, -0.15) is 0 Å². The summed E-state index contributed by atoms with van der Waals surface area (Å²) in [5.41, 5.74) is 7.95. The third-order valence-corrected chi connectivity index (χ3v) is 4.65. The lowest BCUT2D eigenvalue weighted by atomic mass is 10.1. The fraction of sp³-hybridized carbons (Fsp3) is 0.450. The van der Waals surface area contributed by atoms with Crippen molar-refractivity contribution in [1.29, 1.82) is 0 Å². The van der Waals surface area contributed by atoms with Crippen LogP contribution in [0.15, 0.2) is 36.7 Å². The molecule has 0 saturated carbocycles. The van der Waals surface area contributed by atoms with E-state index in [2.05, 4.69) is 14.9 Å². The zero-order valence-electron chi connectivity index (χ0n) is 16.0. The molecule has 1 unspecified atom stereocenters. The van der Waals surface area contributed by atoms with E-state index in [0.29, 0.717) is 30.2 Å². The fourth-order valence-electron chi connectivity index (χ4n) is 3.15. The Balaban J connectivity index is 1.80. The number of hydrogen-bond donors (Lipinski definition) is 1. The minimum atomic E-state index is 0.0104. The van der Waals surface area contributed by atoms with Crippen molar-refractivity contribution >= 4 is 11.7 Å². The number of anilines is 1. The molecule has 1 aliphatic heterocycles. The summed E-state index contributed by atoms with van der Waals surface area (Å²) in [4.78, 5) is 25.3. The fourth-order valence-corrected chi connectivity index (χ4v) is 3.15. The average molecular weight is 369 g/mol. The maximum absolute atomic E-state index is 13.2. The molecule has 1 atom stereocenters. The summed E-state index contributed by atoms with van der Waals surface area (Å²) < 4.78 is 5.74. The normalized spacial score (nSPS) is 16.6. The summed E-state index contributed by atoms with van der Waals surface area (Å²) in [6, 6.07) is 9.20. The number of amides is 1. The van der Waals surface area contributed by atoms with Gasteiger partial charge in [0, 0.05) is 43.4 Å². The molecule has 1 amide bonds. The first-order valence-electron chi connectivity index (χ1n) is 9.26. The number of likely N-dealkylation sites (N-methyl/N-ethyl adjacent to an activating group) is 1. The van der Waals surface area contributed by atoms with Crippen molar-refractivity contribution in [1.82, 2.24) is 19.8 Å². The largest absolute Gasteiger partial charge is 0.384 e. The van der Waals surface area contributed by atoms with Crippen molar-refractivity contribution in [3.63, 3.8) is 0 Å². The van der Waals surface area contributed by atoms with Gasteiger partial charge in [-0.3, -0.25) is 4.79 Å². The zero-order valence-corrected chi connectivity index (χ0v) is 16.0. The number of nitrogens with two attached hydrogens (primary N) is 1. The van der Waals surface area contributed by atoms with Gasteiger partial charge in [-0.25, -0.2) is 9.97 Å². The van der Waals surface area contributed by atoms with E-state index in [-0.39, 0.29) is 12.0 Å². The van der Waals surface area contributed by atoms with Crippen LogP contribution in [0.4, 0.5) is 5.82 Å². The highest BCUT2D eigenvalue weighted by Crippen LogP contribution is 2.21. The average Bonchev–Trinajstić information content (AvgIpc) is 3.18. The summed E-state index contributed by atoms with van der Waals surface area (Å²) in [6.45, 7) is 2.87. The van der Waals surface area contributed by atoms with Crippen LogP contribution >= 0.6 is 0 Å². The second-order valence-electron chi connectivity index (χ2n) is 7.10. The summed E-state index contributed by atoms with van der Waals surface area (Å²) in [7, 11) is 4.02. The summed E-state index contributed by atoms with van der Waals surface area (Å²) >= 11 is 0. The number of benzene rings is 1. The second-order valence-corrected chi connectivity index (χ2v) is 7.10.